The zero-order valence-electron chi connectivity index (χ0n) is 8.17. The summed E-state index contributed by atoms with van der Waals surface area (Å²) in [4.78, 5) is 19.4. The highest BCUT2D eigenvalue weighted by atomic mass is 32.2. The zero-order valence-corrected chi connectivity index (χ0v) is 8.99. The molecule has 0 amide bonds. The standard InChI is InChI=1S/C10H10N2O2S/c1-3-6-7(10(13)14)4-11-9-8(6)12-5(2)15-9/h3-4,6,8H,1H2,2H3,(H,13,14). The molecule has 2 aliphatic rings. The molecule has 0 saturated carbocycles. The topological polar surface area (TPSA) is 62.0 Å². The highest BCUT2D eigenvalue weighted by molar-refractivity contribution is 8.27. The lowest BCUT2D eigenvalue weighted by atomic mass is 9.91. The van der Waals surface area contributed by atoms with Gasteiger partial charge in [0, 0.05) is 12.1 Å². The van der Waals surface area contributed by atoms with Crippen molar-refractivity contribution < 1.29 is 9.90 Å². The number of hydrogen-bond acceptors (Lipinski definition) is 4. The Labute approximate surface area is 91.5 Å². The van der Waals surface area contributed by atoms with Crippen LogP contribution in [-0.4, -0.2) is 27.2 Å². The van der Waals surface area contributed by atoms with Gasteiger partial charge in [-0.2, -0.15) is 0 Å². The van der Waals surface area contributed by atoms with Crippen molar-refractivity contribution in [3.05, 3.63) is 24.4 Å². The molecule has 0 saturated heterocycles. The molecular weight excluding hydrogens is 212 g/mol. The molecule has 0 aliphatic carbocycles. The second kappa shape index (κ2) is 3.66. The van der Waals surface area contributed by atoms with Crippen molar-refractivity contribution in [3.8, 4) is 0 Å². The summed E-state index contributed by atoms with van der Waals surface area (Å²) in [7, 11) is 0. The molecule has 2 rings (SSSR count). The van der Waals surface area contributed by atoms with E-state index in [0.717, 1.165) is 10.1 Å². The SMILES string of the molecule is C=CC1C(C(=O)O)=CN=C2SC(C)=NC21. The van der Waals surface area contributed by atoms with E-state index in [0.29, 0.717) is 0 Å². The van der Waals surface area contributed by atoms with Crippen LogP contribution in [0.25, 0.3) is 0 Å². The summed E-state index contributed by atoms with van der Waals surface area (Å²) in [6.07, 6.45) is 3.03. The summed E-state index contributed by atoms with van der Waals surface area (Å²) in [6, 6.07) is -0.177. The lowest BCUT2D eigenvalue weighted by molar-refractivity contribution is -0.133. The molecule has 5 heteroatoms. The van der Waals surface area contributed by atoms with E-state index in [4.69, 9.17) is 5.11 Å². The lowest BCUT2D eigenvalue weighted by Crippen LogP contribution is -2.29. The molecule has 0 aromatic rings. The number of aliphatic carboxylic acids is 1. The maximum absolute atomic E-state index is 11.0. The predicted octanol–water partition coefficient (Wildman–Crippen LogP) is 1.70. The smallest absolute Gasteiger partial charge is 0.333 e. The van der Waals surface area contributed by atoms with E-state index in [1.165, 1.54) is 18.0 Å². The fourth-order valence-electron chi connectivity index (χ4n) is 1.67. The monoisotopic (exact) mass is 222 g/mol. The summed E-state index contributed by atoms with van der Waals surface area (Å²) in [6.45, 7) is 5.56. The Kier molecular flexibility index (Phi) is 2.48. The van der Waals surface area contributed by atoms with Crippen LogP contribution >= 0.6 is 11.8 Å². The Morgan fingerprint density at radius 1 is 1.73 bits per heavy atom. The average molecular weight is 222 g/mol. The summed E-state index contributed by atoms with van der Waals surface area (Å²) in [5.41, 5.74) is 0.262. The van der Waals surface area contributed by atoms with Crippen molar-refractivity contribution >= 4 is 27.8 Å². The van der Waals surface area contributed by atoms with E-state index in [-0.39, 0.29) is 17.5 Å². The predicted molar refractivity (Wildman–Crippen MR) is 61.3 cm³/mol. The van der Waals surface area contributed by atoms with Crippen LogP contribution in [0.4, 0.5) is 0 Å². The van der Waals surface area contributed by atoms with Crippen LogP contribution in [0.1, 0.15) is 6.92 Å². The van der Waals surface area contributed by atoms with Crippen molar-refractivity contribution in [1.29, 1.82) is 0 Å². The van der Waals surface area contributed by atoms with E-state index < -0.39 is 5.97 Å². The first-order valence-corrected chi connectivity index (χ1v) is 5.31. The minimum atomic E-state index is -0.951. The molecule has 2 unspecified atom stereocenters. The number of fused-ring (bicyclic) bond motifs is 1. The lowest BCUT2D eigenvalue weighted by Gasteiger charge is -2.21. The third-order valence-corrected chi connectivity index (χ3v) is 3.31. The van der Waals surface area contributed by atoms with E-state index in [9.17, 15) is 4.79 Å². The first-order chi connectivity index (χ1) is 7.13. The molecule has 15 heavy (non-hydrogen) atoms. The average Bonchev–Trinajstić information content (AvgIpc) is 2.55. The molecule has 0 aromatic carbocycles. The van der Waals surface area contributed by atoms with E-state index >= 15 is 0 Å². The molecule has 0 radical (unpaired) electrons. The van der Waals surface area contributed by atoms with Crippen molar-refractivity contribution in [2.75, 3.05) is 0 Å². The van der Waals surface area contributed by atoms with Crippen LogP contribution in [0.5, 0.6) is 0 Å². The van der Waals surface area contributed by atoms with Crippen LogP contribution in [0, 0.1) is 5.92 Å². The summed E-state index contributed by atoms with van der Waals surface area (Å²) >= 11 is 1.50. The van der Waals surface area contributed by atoms with Crippen molar-refractivity contribution in [2.45, 2.75) is 13.0 Å². The maximum atomic E-state index is 11.0. The Bertz CT molecular complexity index is 423. The number of carboxylic acids is 1. The van der Waals surface area contributed by atoms with Gasteiger partial charge in [-0.1, -0.05) is 17.8 Å². The van der Waals surface area contributed by atoms with Gasteiger partial charge in [0.25, 0.3) is 0 Å². The van der Waals surface area contributed by atoms with Crippen LogP contribution in [0.2, 0.25) is 0 Å². The fraction of sp³-hybridized carbons (Fsp3) is 0.300. The minimum absolute atomic E-state index is 0.177. The van der Waals surface area contributed by atoms with Crippen LogP contribution < -0.4 is 0 Å². The van der Waals surface area contributed by atoms with Gasteiger partial charge in [0.2, 0.25) is 0 Å². The highest BCUT2D eigenvalue weighted by Crippen LogP contribution is 2.34. The van der Waals surface area contributed by atoms with Crippen molar-refractivity contribution in [3.63, 3.8) is 0 Å². The Morgan fingerprint density at radius 2 is 2.47 bits per heavy atom. The number of hydrogen-bond donors (Lipinski definition) is 1. The number of thioether (sulfide) groups is 1. The van der Waals surface area contributed by atoms with Gasteiger partial charge in [-0.3, -0.25) is 9.98 Å². The summed E-state index contributed by atoms with van der Waals surface area (Å²) in [5, 5.41) is 10.8. The number of rotatable bonds is 2. The number of nitrogens with zero attached hydrogens (tertiary/aromatic N) is 2. The molecule has 2 aliphatic heterocycles. The molecular formula is C10H10N2O2S. The van der Waals surface area contributed by atoms with Gasteiger partial charge in [0.1, 0.15) is 11.1 Å². The minimum Gasteiger partial charge on any atom is -0.478 e. The fourth-order valence-corrected chi connectivity index (χ4v) is 2.56. The van der Waals surface area contributed by atoms with Crippen LogP contribution in [-0.2, 0) is 4.79 Å². The quantitative estimate of drug-likeness (QED) is 0.723. The maximum Gasteiger partial charge on any atom is 0.333 e. The normalized spacial score (nSPS) is 28.7. The molecule has 78 valence electrons. The molecule has 0 bridgehead atoms. The Morgan fingerprint density at radius 3 is 3.07 bits per heavy atom. The number of aliphatic imine (C=N–C) groups is 2. The zero-order chi connectivity index (χ0) is 11.0. The summed E-state index contributed by atoms with van der Waals surface area (Å²) < 4.78 is 0. The molecule has 0 aromatic heterocycles. The van der Waals surface area contributed by atoms with Gasteiger partial charge >= 0.3 is 5.97 Å². The third kappa shape index (κ3) is 1.63. The van der Waals surface area contributed by atoms with E-state index in [2.05, 4.69) is 16.6 Å². The van der Waals surface area contributed by atoms with E-state index in [1.807, 2.05) is 6.92 Å². The molecule has 0 spiro atoms. The van der Waals surface area contributed by atoms with Crippen LogP contribution in [0.3, 0.4) is 0 Å². The Balaban J connectivity index is 2.40. The third-order valence-electron chi connectivity index (χ3n) is 2.36. The largest absolute Gasteiger partial charge is 0.478 e. The Hall–Kier alpha value is -1.36. The second-order valence-electron chi connectivity index (χ2n) is 3.31. The molecule has 4 nitrogen and oxygen atoms in total. The molecule has 1 N–H and O–H groups in total. The van der Waals surface area contributed by atoms with Gasteiger partial charge < -0.3 is 5.11 Å². The molecule has 2 heterocycles. The number of carbonyl (C=O) groups is 1. The van der Waals surface area contributed by atoms with Gasteiger partial charge in [-0.25, -0.2) is 4.79 Å². The first kappa shape index (κ1) is 10.2. The number of carboxylic acid groups (broad SMARTS) is 1. The van der Waals surface area contributed by atoms with Crippen molar-refractivity contribution in [1.82, 2.24) is 0 Å². The van der Waals surface area contributed by atoms with Gasteiger partial charge in [0.05, 0.1) is 10.6 Å². The molecule has 2 atom stereocenters. The van der Waals surface area contributed by atoms with Gasteiger partial charge in [0.15, 0.2) is 0 Å². The van der Waals surface area contributed by atoms with Gasteiger partial charge in [-0.05, 0) is 6.92 Å². The van der Waals surface area contributed by atoms with Crippen molar-refractivity contribution in [2.24, 2.45) is 15.9 Å². The first-order valence-electron chi connectivity index (χ1n) is 4.49. The summed E-state index contributed by atoms with van der Waals surface area (Å²) in [5.74, 6) is -1.22. The van der Waals surface area contributed by atoms with Gasteiger partial charge in [-0.15, -0.1) is 6.58 Å². The highest BCUT2D eigenvalue weighted by Gasteiger charge is 2.36. The second-order valence-corrected chi connectivity index (χ2v) is 4.53. The van der Waals surface area contributed by atoms with Crippen LogP contribution in [0.15, 0.2) is 34.4 Å². The van der Waals surface area contributed by atoms with E-state index in [1.54, 1.807) is 6.08 Å². The molecule has 0 fully saturated rings.